The maximum Gasteiger partial charge on any atom is 0.259 e. The van der Waals surface area contributed by atoms with Crippen LogP contribution in [0.15, 0.2) is 53.5 Å². The van der Waals surface area contributed by atoms with Gasteiger partial charge in [0.15, 0.2) is 11.6 Å². The van der Waals surface area contributed by atoms with E-state index < -0.39 is 26.9 Å². The van der Waals surface area contributed by atoms with E-state index in [2.05, 4.69) is 9.88 Å². The average Bonchev–Trinajstić information content (AvgIpc) is 3.31. The third-order valence-corrected chi connectivity index (χ3v) is 8.49. The van der Waals surface area contributed by atoms with Crippen LogP contribution in [0.5, 0.6) is 11.5 Å². The Morgan fingerprint density at radius 1 is 1.03 bits per heavy atom. The van der Waals surface area contributed by atoms with Gasteiger partial charge in [-0.2, -0.15) is 0 Å². The number of rotatable bonds is 7. The molecule has 5 rings (SSSR count). The summed E-state index contributed by atoms with van der Waals surface area (Å²) in [7, 11) is -2.29. The van der Waals surface area contributed by atoms with Gasteiger partial charge in [0.25, 0.3) is 5.56 Å². The number of hydrogen-bond acceptors (Lipinski definition) is 5. The number of aromatic amines is 1. The lowest BCUT2D eigenvalue weighted by atomic mass is 10.0. The molecule has 1 saturated heterocycles. The van der Waals surface area contributed by atoms with Gasteiger partial charge in [0.2, 0.25) is 10.0 Å². The first-order valence-electron chi connectivity index (χ1n) is 12.7. The molecule has 1 aliphatic heterocycles. The standard InChI is InChI=1S/C28H30F2N4O4S/c1-17(39(31,36)37)18-6-8-25(38-26-9-7-19(29)13-24(26)30)21(12-18)23-16-33(2)28(35)22-14-20(32-27(22)23)15-34-10-4-3-5-11-34/h6-9,12-14,16-17,32H,3-5,10-11,15H2,1-2H3,(H2,31,36,37). The number of aryl methyl sites for hydroxylation is 1. The number of nitrogens with zero attached hydrogens (tertiary/aromatic N) is 2. The lowest BCUT2D eigenvalue weighted by Gasteiger charge is -2.25. The van der Waals surface area contributed by atoms with Crippen molar-refractivity contribution in [3.63, 3.8) is 0 Å². The highest BCUT2D eigenvalue weighted by Crippen LogP contribution is 2.39. The molecule has 3 heterocycles. The van der Waals surface area contributed by atoms with Gasteiger partial charge in [-0.3, -0.25) is 9.69 Å². The number of nitrogens with two attached hydrogens (primary N) is 1. The number of ether oxygens (including phenoxy) is 1. The largest absolute Gasteiger partial charge is 0.454 e. The highest BCUT2D eigenvalue weighted by Gasteiger charge is 2.23. The number of nitrogens with one attached hydrogen (secondary N) is 1. The van der Waals surface area contributed by atoms with Crippen LogP contribution in [0.1, 0.15) is 42.7 Å². The van der Waals surface area contributed by atoms with E-state index in [1.165, 1.54) is 36.1 Å². The molecule has 3 N–H and O–H groups in total. The fourth-order valence-corrected chi connectivity index (χ4v) is 5.54. The van der Waals surface area contributed by atoms with Crippen LogP contribution in [-0.2, 0) is 23.6 Å². The number of halogens is 2. The topological polar surface area (TPSA) is 110 Å². The first kappa shape index (κ1) is 27.0. The molecule has 0 saturated carbocycles. The Bertz CT molecular complexity index is 1710. The predicted octanol–water partition coefficient (Wildman–Crippen LogP) is 4.94. The summed E-state index contributed by atoms with van der Waals surface area (Å²) < 4.78 is 59.6. The molecule has 206 valence electrons. The second-order valence-corrected chi connectivity index (χ2v) is 11.9. The monoisotopic (exact) mass is 556 g/mol. The lowest BCUT2D eigenvalue weighted by Crippen LogP contribution is -2.29. The van der Waals surface area contributed by atoms with E-state index in [0.717, 1.165) is 37.7 Å². The van der Waals surface area contributed by atoms with Crippen LogP contribution < -0.4 is 15.4 Å². The second kappa shape index (κ2) is 10.6. The van der Waals surface area contributed by atoms with E-state index in [4.69, 9.17) is 9.88 Å². The average molecular weight is 557 g/mol. The Kier molecular flexibility index (Phi) is 7.32. The van der Waals surface area contributed by atoms with Gasteiger partial charge in [-0.15, -0.1) is 0 Å². The number of pyridine rings is 1. The Balaban J connectivity index is 1.68. The van der Waals surface area contributed by atoms with Crippen molar-refractivity contribution in [3.8, 4) is 22.6 Å². The van der Waals surface area contributed by atoms with Gasteiger partial charge in [-0.25, -0.2) is 22.3 Å². The molecular weight excluding hydrogens is 526 g/mol. The molecule has 0 radical (unpaired) electrons. The van der Waals surface area contributed by atoms with Crippen LogP contribution in [-0.4, -0.2) is 36.0 Å². The summed E-state index contributed by atoms with van der Waals surface area (Å²) in [6, 6.07) is 9.47. The highest BCUT2D eigenvalue weighted by molar-refractivity contribution is 7.89. The van der Waals surface area contributed by atoms with Gasteiger partial charge in [0, 0.05) is 42.7 Å². The van der Waals surface area contributed by atoms with Crippen molar-refractivity contribution in [1.29, 1.82) is 0 Å². The Labute approximate surface area is 225 Å². The zero-order valence-corrected chi connectivity index (χ0v) is 22.5. The number of likely N-dealkylation sites (tertiary alicyclic amines) is 1. The van der Waals surface area contributed by atoms with Gasteiger partial charge in [0.05, 0.1) is 16.2 Å². The van der Waals surface area contributed by atoms with Crippen LogP contribution in [0.25, 0.3) is 22.0 Å². The predicted molar refractivity (Wildman–Crippen MR) is 146 cm³/mol. The number of primary sulfonamides is 1. The third-order valence-electron chi connectivity index (χ3n) is 7.23. The number of sulfonamides is 1. The van der Waals surface area contributed by atoms with Crippen molar-refractivity contribution < 1.29 is 21.9 Å². The summed E-state index contributed by atoms with van der Waals surface area (Å²) in [5, 5.41) is 4.85. The normalized spacial score (nSPS) is 15.5. The molecule has 2 aromatic heterocycles. The number of aromatic nitrogens is 2. The van der Waals surface area contributed by atoms with Crippen molar-refractivity contribution in [2.45, 2.75) is 38.0 Å². The van der Waals surface area contributed by atoms with Crippen LogP contribution in [0.4, 0.5) is 8.78 Å². The maximum atomic E-state index is 14.5. The summed E-state index contributed by atoms with van der Waals surface area (Å²) in [4.78, 5) is 18.8. The minimum Gasteiger partial charge on any atom is -0.454 e. The number of H-pyrrole nitrogens is 1. The molecule has 4 aromatic rings. The van der Waals surface area contributed by atoms with Crippen molar-refractivity contribution in [1.82, 2.24) is 14.5 Å². The number of hydrogen-bond donors (Lipinski definition) is 2. The van der Waals surface area contributed by atoms with Crippen molar-refractivity contribution in [2.24, 2.45) is 12.2 Å². The SMILES string of the molecule is CC(c1ccc(Oc2ccc(F)cc2F)c(-c2cn(C)c(=O)c3cc(CN4CCCCC4)[nH]c23)c1)S(N)(=O)=O. The highest BCUT2D eigenvalue weighted by atomic mass is 32.2. The summed E-state index contributed by atoms with van der Waals surface area (Å²) in [5.74, 6) is -1.65. The first-order valence-corrected chi connectivity index (χ1v) is 14.3. The number of fused-ring (bicyclic) bond motifs is 1. The fourth-order valence-electron chi connectivity index (χ4n) is 5.01. The minimum absolute atomic E-state index is 0.193. The number of piperidine rings is 1. The Morgan fingerprint density at radius 3 is 2.44 bits per heavy atom. The molecule has 11 heteroatoms. The third kappa shape index (κ3) is 5.61. The molecule has 1 fully saturated rings. The number of benzene rings is 2. The molecule has 39 heavy (non-hydrogen) atoms. The molecular formula is C28H30F2N4O4S. The molecule has 8 nitrogen and oxygen atoms in total. The summed E-state index contributed by atoms with van der Waals surface area (Å²) in [5.41, 5.74) is 2.58. The van der Waals surface area contributed by atoms with Gasteiger partial charge < -0.3 is 14.3 Å². The summed E-state index contributed by atoms with van der Waals surface area (Å²) in [6.45, 7) is 4.09. The smallest absolute Gasteiger partial charge is 0.259 e. The zero-order valence-electron chi connectivity index (χ0n) is 21.7. The molecule has 0 bridgehead atoms. The summed E-state index contributed by atoms with van der Waals surface area (Å²) >= 11 is 0. The first-order chi connectivity index (χ1) is 18.5. The van der Waals surface area contributed by atoms with E-state index in [0.29, 0.717) is 40.2 Å². The van der Waals surface area contributed by atoms with Crippen LogP contribution in [0.3, 0.4) is 0 Å². The lowest BCUT2D eigenvalue weighted by molar-refractivity contribution is 0.219. The van der Waals surface area contributed by atoms with E-state index >= 15 is 0 Å². The fraction of sp³-hybridized carbons (Fsp3) is 0.321. The van der Waals surface area contributed by atoms with E-state index in [1.807, 2.05) is 6.07 Å². The van der Waals surface area contributed by atoms with E-state index in [9.17, 15) is 22.0 Å². The van der Waals surface area contributed by atoms with Gasteiger partial charge >= 0.3 is 0 Å². The Hall–Kier alpha value is -3.54. The van der Waals surface area contributed by atoms with Crippen LogP contribution in [0.2, 0.25) is 0 Å². The van der Waals surface area contributed by atoms with Gasteiger partial charge in [0.1, 0.15) is 11.6 Å². The molecule has 1 unspecified atom stereocenters. The van der Waals surface area contributed by atoms with E-state index in [1.54, 1.807) is 19.3 Å². The van der Waals surface area contributed by atoms with Gasteiger partial charge in [-0.05, 0) is 68.8 Å². The molecule has 0 aliphatic carbocycles. The molecule has 1 atom stereocenters. The van der Waals surface area contributed by atoms with Crippen molar-refractivity contribution in [2.75, 3.05) is 13.1 Å². The second-order valence-electron chi connectivity index (χ2n) is 10.0. The summed E-state index contributed by atoms with van der Waals surface area (Å²) in [6.07, 6.45) is 5.09. The maximum absolute atomic E-state index is 14.5. The zero-order chi connectivity index (χ0) is 27.9. The Morgan fingerprint density at radius 2 is 1.74 bits per heavy atom. The van der Waals surface area contributed by atoms with Crippen molar-refractivity contribution in [3.05, 3.63) is 81.9 Å². The van der Waals surface area contributed by atoms with Crippen LogP contribution in [0, 0.1) is 11.6 Å². The molecule has 1 aliphatic rings. The molecule has 0 spiro atoms. The van der Waals surface area contributed by atoms with E-state index in [-0.39, 0.29) is 17.1 Å². The van der Waals surface area contributed by atoms with Crippen LogP contribution >= 0.6 is 0 Å². The quantitative estimate of drug-likeness (QED) is 0.335. The minimum atomic E-state index is -3.92. The molecule has 0 amide bonds. The van der Waals surface area contributed by atoms with Crippen molar-refractivity contribution >= 4 is 20.9 Å². The molecule has 2 aromatic carbocycles. The van der Waals surface area contributed by atoms with Gasteiger partial charge in [-0.1, -0.05) is 12.5 Å².